The van der Waals surface area contributed by atoms with Crippen LogP contribution in [-0.2, 0) is 11.3 Å². The molecule has 13 heteroatoms. The lowest BCUT2D eigenvalue weighted by Gasteiger charge is -2.36. The molecule has 2 N–H and O–H groups in total. The predicted molar refractivity (Wildman–Crippen MR) is 139 cm³/mol. The van der Waals surface area contributed by atoms with Gasteiger partial charge in [-0.25, -0.2) is 14.8 Å². The SMILES string of the molecule is N#Cc1cccc2nc(NC3CC3)c(N3CCN(Cc4cc(Cl)ccc4Cl)CC3)nc12.O=C(O)C(F)(F)F. The van der Waals surface area contributed by atoms with Crippen molar-refractivity contribution in [1.82, 2.24) is 14.9 Å². The van der Waals surface area contributed by atoms with E-state index in [2.05, 4.69) is 21.2 Å². The molecule has 1 aromatic heterocycles. The molecule has 0 spiro atoms. The topological polar surface area (TPSA) is 105 Å². The summed E-state index contributed by atoms with van der Waals surface area (Å²) in [6.07, 6.45) is -2.77. The number of rotatable bonds is 5. The first-order chi connectivity index (χ1) is 18.0. The van der Waals surface area contributed by atoms with Crippen LogP contribution in [0.1, 0.15) is 24.0 Å². The molecule has 1 aliphatic heterocycles. The van der Waals surface area contributed by atoms with Crippen LogP contribution >= 0.6 is 23.2 Å². The first-order valence-corrected chi connectivity index (χ1v) is 12.5. The molecular weight excluding hydrogens is 544 g/mol. The van der Waals surface area contributed by atoms with E-state index in [1.807, 2.05) is 30.3 Å². The first kappa shape index (κ1) is 27.7. The Bertz CT molecular complexity index is 1370. The molecule has 1 aliphatic carbocycles. The van der Waals surface area contributed by atoms with E-state index in [9.17, 15) is 18.4 Å². The zero-order chi connectivity index (χ0) is 27.4. The number of para-hydroxylation sites is 1. The average molecular weight is 567 g/mol. The van der Waals surface area contributed by atoms with Crippen LogP contribution in [0.25, 0.3) is 11.0 Å². The summed E-state index contributed by atoms with van der Waals surface area (Å²) in [6, 6.07) is 13.9. The van der Waals surface area contributed by atoms with Gasteiger partial charge in [-0.15, -0.1) is 0 Å². The molecule has 2 fully saturated rings. The van der Waals surface area contributed by atoms with Crippen LogP contribution in [0.2, 0.25) is 10.0 Å². The Morgan fingerprint density at radius 2 is 1.82 bits per heavy atom. The van der Waals surface area contributed by atoms with E-state index in [0.29, 0.717) is 22.1 Å². The molecule has 3 aromatic rings. The number of nitrogens with zero attached hydrogens (tertiary/aromatic N) is 5. The van der Waals surface area contributed by atoms with Crippen LogP contribution in [0, 0.1) is 11.3 Å². The number of hydrogen-bond acceptors (Lipinski definition) is 7. The molecule has 0 amide bonds. The molecule has 1 saturated carbocycles. The molecular formula is C25H23Cl2F3N6O2. The molecule has 200 valence electrons. The van der Waals surface area contributed by atoms with Crippen LogP contribution in [0.15, 0.2) is 36.4 Å². The van der Waals surface area contributed by atoms with Crippen molar-refractivity contribution in [3.63, 3.8) is 0 Å². The predicted octanol–water partition coefficient (Wildman–Crippen LogP) is 5.34. The Labute approximate surface area is 226 Å². The maximum atomic E-state index is 10.6. The molecule has 2 aromatic carbocycles. The largest absolute Gasteiger partial charge is 0.490 e. The second-order valence-corrected chi connectivity index (χ2v) is 9.75. The number of benzene rings is 2. The second-order valence-electron chi connectivity index (χ2n) is 8.90. The number of anilines is 2. The highest BCUT2D eigenvalue weighted by Crippen LogP contribution is 2.32. The van der Waals surface area contributed by atoms with E-state index >= 15 is 0 Å². The highest BCUT2D eigenvalue weighted by molar-refractivity contribution is 6.33. The second kappa shape index (κ2) is 11.6. The van der Waals surface area contributed by atoms with Gasteiger partial charge < -0.3 is 15.3 Å². The van der Waals surface area contributed by atoms with Gasteiger partial charge in [0, 0.05) is 48.8 Å². The van der Waals surface area contributed by atoms with Gasteiger partial charge in [0.15, 0.2) is 11.6 Å². The monoisotopic (exact) mass is 566 g/mol. The van der Waals surface area contributed by atoms with Crippen molar-refractivity contribution in [3.05, 3.63) is 57.6 Å². The number of aromatic nitrogens is 2. The van der Waals surface area contributed by atoms with Crippen LogP contribution in [0.3, 0.4) is 0 Å². The third-order valence-electron chi connectivity index (χ3n) is 6.03. The zero-order valence-corrected chi connectivity index (χ0v) is 21.5. The van der Waals surface area contributed by atoms with Crippen LogP contribution in [-0.4, -0.2) is 64.3 Å². The maximum absolute atomic E-state index is 10.6. The smallest absolute Gasteiger partial charge is 0.475 e. The zero-order valence-electron chi connectivity index (χ0n) is 20.0. The van der Waals surface area contributed by atoms with Crippen LogP contribution < -0.4 is 10.2 Å². The molecule has 2 aliphatic rings. The molecule has 5 rings (SSSR count). The summed E-state index contributed by atoms with van der Waals surface area (Å²) < 4.78 is 31.7. The summed E-state index contributed by atoms with van der Waals surface area (Å²) in [5, 5.41) is 21.6. The summed E-state index contributed by atoms with van der Waals surface area (Å²) in [5.74, 6) is -1.11. The van der Waals surface area contributed by atoms with Crippen molar-refractivity contribution in [2.45, 2.75) is 31.6 Å². The molecule has 0 atom stereocenters. The third kappa shape index (κ3) is 6.95. The lowest BCUT2D eigenvalue weighted by molar-refractivity contribution is -0.192. The van der Waals surface area contributed by atoms with Gasteiger partial charge in [0.05, 0.1) is 11.1 Å². The maximum Gasteiger partial charge on any atom is 0.490 e. The van der Waals surface area contributed by atoms with Gasteiger partial charge in [-0.3, -0.25) is 4.90 Å². The number of nitrogens with one attached hydrogen (secondary N) is 1. The quantitative estimate of drug-likeness (QED) is 0.426. The number of piperazine rings is 1. The van der Waals surface area contributed by atoms with Gasteiger partial charge in [0.2, 0.25) is 0 Å². The molecule has 0 unspecified atom stereocenters. The van der Waals surface area contributed by atoms with Crippen molar-refractivity contribution in [1.29, 1.82) is 5.26 Å². The van der Waals surface area contributed by atoms with Crippen LogP contribution in [0.4, 0.5) is 24.8 Å². The minimum atomic E-state index is -5.08. The van der Waals surface area contributed by atoms with Crippen LogP contribution in [0.5, 0.6) is 0 Å². The number of carboxylic acids is 1. The normalized spacial score (nSPS) is 15.9. The lowest BCUT2D eigenvalue weighted by atomic mass is 10.2. The highest BCUT2D eigenvalue weighted by Gasteiger charge is 2.38. The van der Waals surface area contributed by atoms with Gasteiger partial charge in [-0.05, 0) is 48.7 Å². The van der Waals surface area contributed by atoms with E-state index in [1.165, 1.54) is 0 Å². The summed E-state index contributed by atoms with van der Waals surface area (Å²) in [4.78, 5) is 23.3. The Hall–Kier alpha value is -3.33. The summed E-state index contributed by atoms with van der Waals surface area (Å²) >= 11 is 12.5. The molecule has 0 bridgehead atoms. The van der Waals surface area contributed by atoms with Gasteiger partial charge in [0.25, 0.3) is 0 Å². The number of halogens is 5. The number of aliphatic carboxylic acids is 1. The minimum absolute atomic E-state index is 0.468. The Morgan fingerprint density at radius 3 is 2.42 bits per heavy atom. The number of nitriles is 1. The fraction of sp³-hybridized carbons (Fsp3) is 0.360. The van der Waals surface area contributed by atoms with Crippen molar-refractivity contribution in [2.24, 2.45) is 0 Å². The molecule has 1 saturated heterocycles. The summed E-state index contributed by atoms with van der Waals surface area (Å²) in [6.45, 7) is 4.18. The number of fused-ring (bicyclic) bond motifs is 1. The van der Waals surface area contributed by atoms with Gasteiger partial charge in [-0.1, -0.05) is 29.3 Å². The Kier molecular flexibility index (Phi) is 8.45. The first-order valence-electron chi connectivity index (χ1n) is 11.7. The summed E-state index contributed by atoms with van der Waals surface area (Å²) in [5.41, 5.74) is 3.01. The fourth-order valence-electron chi connectivity index (χ4n) is 3.92. The molecule has 0 radical (unpaired) electrons. The van der Waals surface area contributed by atoms with E-state index in [-0.39, 0.29) is 0 Å². The van der Waals surface area contributed by atoms with Crippen molar-refractivity contribution >= 4 is 51.8 Å². The molecule has 2 heterocycles. The van der Waals surface area contributed by atoms with Gasteiger partial charge in [0.1, 0.15) is 11.6 Å². The Balaban J connectivity index is 0.000000426. The van der Waals surface area contributed by atoms with E-state index in [4.69, 9.17) is 43.1 Å². The van der Waals surface area contributed by atoms with E-state index < -0.39 is 12.1 Å². The van der Waals surface area contributed by atoms with E-state index in [1.54, 1.807) is 6.07 Å². The van der Waals surface area contributed by atoms with Gasteiger partial charge in [-0.2, -0.15) is 18.4 Å². The number of carbonyl (C=O) groups is 1. The number of hydrogen-bond donors (Lipinski definition) is 2. The van der Waals surface area contributed by atoms with Crippen molar-refractivity contribution in [3.8, 4) is 6.07 Å². The van der Waals surface area contributed by atoms with E-state index in [0.717, 1.165) is 73.3 Å². The Morgan fingerprint density at radius 1 is 1.13 bits per heavy atom. The number of alkyl halides is 3. The highest BCUT2D eigenvalue weighted by atomic mass is 35.5. The molecule has 8 nitrogen and oxygen atoms in total. The van der Waals surface area contributed by atoms with Gasteiger partial charge >= 0.3 is 12.1 Å². The standard InChI is InChI=1S/C23H22Cl2N6.C2HF3O2/c24-17-4-7-19(25)16(12-17)14-30-8-10-31(11-9-30)23-22(27-18-5-6-18)28-20-3-1-2-15(13-26)21(20)29-23;3-2(4,5)1(6)7/h1-4,7,12,18H,5-6,8-11,14H2,(H,27,28);(H,6,7). The van der Waals surface area contributed by atoms with Crippen molar-refractivity contribution in [2.75, 3.05) is 36.4 Å². The van der Waals surface area contributed by atoms with Crippen molar-refractivity contribution < 1.29 is 23.1 Å². The minimum Gasteiger partial charge on any atom is -0.475 e. The number of carboxylic acid groups (broad SMARTS) is 1. The fourth-order valence-corrected chi connectivity index (χ4v) is 4.29. The average Bonchev–Trinajstić information content (AvgIpc) is 3.70. The third-order valence-corrected chi connectivity index (χ3v) is 6.63. The molecule has 38 heavy (non-hydrogen) atoms. The summed E-state index contributed by atoms with van der Waals surface area (Å²) in [7, 11) is 0. The lowest BCUT2D eigenvalue weighted by Crippen LogP contribution is -2.46.